The fraction of sp³-hybridized carbons (Fsp3) is 0.148. The summed E-state index contributed by atoms with van der Waals surface area (Å²) in [5.74, 6) is 0.378. The molecule has 1 fully saturated rings. The summed E-state index contributed by atoms with van der Waals surface area (Å²) in [5.41, 5.74) is 3.58. The summed E-state index contributed by atoms with van der Waals surface area (Å²) in [6.07, 6.45) is 1.70. The lowest BCUT2D eigenvalue weighted by Crippen LogP contribution is -2.30. The van der Waals surface area contributed by atoms with E-state index in [1.54, 1.807) is 24.3 Å². The second-order valence-corrected chi connectivity index (χ2v) is 8.19. The molecule has 0 unspecified atom stereocenters. The van der Waals surface area contributed by atoms with Crippen LogP contribution in [0, 0.1) is 6.92 Å². The van der Waals surface area contributed by atoms with Gasteiger partial charge in [0.05, 0.1) is 12.3 Å². The monoisotopic (exact) mass is 487 g/mol. The van der Waals surface area contributed by atoms with Crippen LogP contribution in [-0.2, 0) is 9.59 Å². The number of ether oxygens (including phenoxy) is 2. The molecular formula is C27H25N3O4S. The summed E-state index contributed by atoms with van der Waals surface area (Å²) in [7, 11) is 0. The predicted octanol–water partition coefficient (Wildman–Crippen LogP) is 4.67. The second-order valence-electron chi connectivity index (χ2n) is 7.81. The minimum atomic E-state index is -0.280. The van der Waals surface area contributed by atoms with Gasteiger partial charge in [-0.2, -0.15) is 0 Å². The van der Waals surface area contributed by atoms with Gasteiger partial charge in [-0.05, 0) is 74.1 Å². The van der Waals surface area contributed by atoms with Gasteiger partial charge in [-0.25, -0.2) is 0 Å². The number of nitrogens with one attached hydrogen (secondary N) is 2. The van der Waals surface area contributed by atoms with E-state index in [0.29, 0.717) is 40.3 Å². The lowest BCUT2D eigenvalue weighted by Gasteiger charge is -2.13. The van der Waals surface area contributed by atoms with Gasteiger partial charge in [0.25, 0.3) is 11.8 Å². The minimum Gasteiger partial charge on any atom is -0.490 e. The molecule has 2 N–H and O–H groups in total. The van der Waals surface area contributed by atoms with Gasteiger partial charge in [-0.15, -0.1) is 0 Å². The van der Waals surface area contributed by atoms with Crippen LogP contribution >= 0.6 is 12.2 Å². The van der Waals surface area contributed by atoms with E-state index in [4.69, 9.17) is 21.7 Å². The molecular weight excluding hydrogens is 462 g/mol. The Morgan fingerprint density at radius 2 is 1.77 bits per heavy atom. The highest BCUT2D eigenvalue weighted by molar-refractivity contribution is 7.80. The van der Waals surface area contributed by atoms with Gasteiger partial charge in [0, 0.05) is 5.69 Å². The zero-order valence-electron chi connectivity index (χ0n) is 19.4. The Kier molecular flexibility index (Phi) is 7.42. The van der Waals surface area contributed by atoms with Crippen molar-refractivity contribution in [1.29, 1.82) is 0 Å². The summed E-state index contributed by atoms with van der Waals surface area (Å²) in [5, 5.41) is 6.09. The predicted molar refractivity (Wildman–Crippen MR) is 141 cm³/mol. The van der Waals surface area contributed by atoms with E-state index in [1.807, 2.05) is 68.4 Å². The van der Waals surface area contributed by atoms with E-state index in [-0.39, 0.29) is 18.4 Å². The number of carbonyl (C=O) groups is 2. The van der Waals surface area contributed by atoms with Gasteiger partial charge in [0.15, 0.2) is 23.2 Å². The number of hydrogen-bond donors (Lipinski definition) is 2. The van der Waals surface area contributed by atoms with E-state index >= 15 is 0 Å². The summed E-state index contributed by atoms with van der Waals surface area (Å²) in [4.78, 5) is 26.7. The van der Waals surface area contributed by atoms with E-state index in [0.717, 1.165) is 11.1 Å². The van der Waals surface area contributed by atoms with Crippen molar-refractivity contribution in [3.63, 3.8) is 0 Å². The molecule has 3 aromatic carbocycles. The fourth-order valence-corrected chi connectivity index (χ4v) is 3.79. The van der Waals surface area contributed by atoms with Crippen LogP contribution in [0.1, 0.15) is 18.1 Å². The summed E-state index contributed by atoms with van der Waals surface area (Å²) in [6.45, 7) is 4.08. The number of hydrogen-bond acceptors (Lipinski definition) is 5. The first-order valence-electron chi connectivity index (χ1n) is 11.1. The van der Waals surface area contributed by atoms with Gasteiger partial charge < -0.3 is 20.1 Å². The third-order valence-corrected chi connectivity index (χ3v) is 5.45. The smallest absolute Gasteiger partial charge is 0.281 e. The number of benzene rings is 3. The lowest BCUT2D eigenvalue weighted by atomic mass is 10.1. The van der Waals surface area contributed by atoms with E-state index in [1.165, 1.54) is 4.90 Å². The van der Waals surface area contributed by atoms with Crippen molar-refractivity contribution in [2.24, 2.45) is 0 Å². The van der Waals surface area contributed by atoms with Crippen molar-refractivity contribution in [3.8, 4) is 11.5 Å². The molecule has 0 aromatic heterocycles. The Hall–Kier alpha value is -4.17. The highest BCUT2D eigenvalue weighted by Crippen LogP contribution is 2.30. The van der Waals surface area contributed by atoms with Crippen LogP contribution in [0.5, 0.6) is 11.5 Å². The van der Waals surface area contributed by atoms with Gasteiger partial charge in [-0.1, -0.05) is 42.0 Å². The number of rotatable bonds is 8. The SMILES string of the molecule is CCOc1cc(/C=C2/NC(=S)N(c3ccccc3)C2=O)ccc1OCC(=O)Nc1ccc(C)cc1. The largest absolute Gasteiger partial charge is 0.490 e. The summed E-state index contributed by atoms with van der Waals surface area (Å²) >= 11 is 5.36. The van der Waals surface area contributed by atoms with Crippen molar-refractivity contribution >= 4 is 46.6 Å². The number of carbonyl (C=O) groups excluding carboxylic acids is 2. The van der Waals surface area contributed by atoms with Crippen molar-refractivity contribution < 1.29 is 19.1 Å². The van der Waals surface area contributed by atoms with E-state index in [2.05, 4.69) is 10.6 Å². The summed E-state index contributed by atoms with van der Waals surface area (Å²) in [6, 6.07) is 22.0. The molecule has 0 atom stereocenters. The minimum absolute atomic E-state index is 0.172. The zero-order chi connectivity index (χ0) is 24.8. The Balaban J connectivity index is 1.46. The molecule has 1 aliphatic heterocycles. The molecule has 35 heavy (non-hydrogen) atoms. The second kappa shape index (κ2) is 10.8. The first kappa shape index (κ1) is 24.0. The molecule has 0 aliphatic carbocycles. The molecule has 0 saturated carbocycles. The number of para-hydroxylation sites is 1. The number of anilines is 2. The Labute approximate surface area is 209 Å². The molecule has 1 heterocycles. The molecule has 0 spiro atoms. The first-order valence-corrected chi connectivity index (χ1v) is 11.5. The average Bonchev–Trinajstić information content (AvgIpc) is 3.13. The number of nitrogens with zero attached hydrogens (tertiary/aromatic N) is 1. The van der Waals surface area contributed by atoms with Crippen LogP contribution in [-0.4, -0.2) is 30.1 Å². The maximum Gasteiger partial charge on any atom is 0.281 e. The Morgan fingerprint density at radius 1 is 1.03 bits per heavy atom. The first-order chi connectivity index (χ1) is 16.9. The van der Waals surface area contributed by atoms with Crippen LogP contribution in [0.4, 0.5) is 11.4 Å². The lowest BCUT2D eigenvalue weighted by molar-refractivity contribution is -0.118. The van der Waals surface area contributed by atoms with Crippen molar-refractivity contribution in [1.82, 2.24) is 5.32 Å². The van der Waals surface area contributed by atoms with Crippen LogP contribution in [0.2, 0.25) is 0 Å². The van der Waals surface area contributed by atoms with Crippen LogP contribution in [0.25, 0.3) is 6.08 Å². The molecule has 8 heteroatoms. The van der Waals surface area contributed by atoms with Crippen molar-refractivity contribution in [2.75, 3.05) is 23.4 Å². The maximum atomic E-state index is 13.0. The molecule has 0 radical (unpaired) electrons. The number of thiocarbonyl (C=S) groups is 1. The maximum absolute atomic E-state index is 13.0. The molecule has 2 amide bonds. The van der Waals surface area contributed by atoms with Gasteiger partial charge in [0.1, 0.15) is 5.70 Å². The molecule has 1 saturated heterocycles. The van der Waals surface area contributed by atoms with E-state index < -0.39 is 0 Å². The normalized spacial score (nSPS) is 14.1. The Bertz CT molecular complexity index is 1270. The average molecular weight is 488 g/mol. The number of amides is 2. The topological polar surface area (TPSA) is 79.9 Å². The van der Waals surface area contributed by atoms with Crippen LogP contribution in [0.15, 0.2) is 78.5 Å². The zero-order valence-corrected chi connectivity index (χ0v) is 20.2. The molecule has 7 nitrogen and oxygen atoms in total. The van der Waals surface area contributed by atoms with Crippen LogP contribution < -0.4 is 25.0 Å². The van der Waals surface area contributed by atoms with Crippen LogP contribution in [0.3, 0.4) is 0 Å². The molecule has 178 valence electrons. The van der Waals surface area contributed by atoms with Gasteiger partial charge in [0.2, 0.25) is 0 Å². The van der Waals surface area contributed by atoms with Crippen molar-refractivity contribution in [3.05, 3.63) is 89.6 Å². The standard InChI is InChI=1S/C27H25N3O4S/c1-3-33-24-16-19(15-22-26(32)30(27(35)29-22)21-7-5-4-6-8-21)11-14-23(24)34-17-25(31)28-20-12-9-18(2)10-13-20/h4-16H,3,17H2,1-2H3,(H,28,31)(H,29,35)/b22-15+. The third-order valence-electron chi connectivity index (χ3n) is 5.17. The highest BCUT2D eigenvalue weighted by atomic mass is 32.1. The van der Waals surface area contributed by atoms with Crippen molar-refractivity contribution in [2.45, 2.75) is 13.8 Å². The quantitative estimate of drug-likeness (QED) is 0.355. The molecule has 1 aliphatic rings. The molecule has 0 bridgehead atoms. The fourth-order valence-electron chi connectivity index (χ4n) is 3.49. The Morgan fingerprint density at radius 3 is 2.49 bits per heavy atom. The summed E-state index contributed by atoms with van der Waals surface area (Å²) < 4.78 is 11.4. The highest BCUT2D eigenvalue weighted by Gasteiger charge is 2.31. The van der Waals surface area contributed by atoms with E-state index in [9.17, 15) is 9.59 Å². The molecule has 3 aromatic rings. The van der Waals surface area contributed by atoms with Gasteiger partial charge in [-0.3, -0.25) is 14.5 Å². The number of aryl methyl sites for hydroxylation is 1. The van der Waals surface area contributed by atoms with Gasteiger partial charge >= 0.3 is 0 Å². The molecule has 4 rings (SSSR count). The third kappa shape index (κ3) is 5.85.